The van der Waals surface area contributed by atoms with Crippen molar-refractivity contribution in [3.05, 3.63) is 42.1 Å². The van der Waals surface area contributed by atoms with Gasteiger partial charge in [-0.3, -0.25) is 4.57 Å². The van der Waals surface area contributed by atoms with Gasteiger partial charge in [-0.1, -0.05) is 12.1 Å². The Morgan fingerprint density at radius 1 is 1.09 bits per heavy atom. The number of aryl methyl sites for hydroxylation is 2. The first-order valence-electron chi connectivity index (χ1n) is 7.85. The molecule has 0 spiro atoms. The van der Waals surface area contributed by atoms with E-state index < -0.39 is 7.60 Å². The minimum atomic E-state index is -2.94. The van der Waals surface area contributed by atoms with E-state index in [9.17, 15) is 4.57 Å². The smallest absolute Gasteiger partial charge is 0.330 e. The van der Waals surface area contributed by atoms with Gasteiger partial charge in [0.1, 0.15) is 6.54 Å². The maximum atomic E-state index is 12.5. The van der Waals surface area contributed by atoms with E-state index in [0.717, 1.165) is 13.0 Å². The highest BCUT2D eigenvalue weighted by atomic mass is 79.9. The predicted octanol–water partition coefficient (Wildman–Crippen LogP) is 1.10. The van der Waals surface area contributed by atoms with Crippen LogP contribution in [0.15, 0.2) is 36.5 Å². The van der Waals surface area contributed by atoms with Crippen LogP contribution in [-0.4, -0.2) is 19.4 Å². The van der Waals surface area contributed by atoms with E-state index in [4.69, 9.17) is 9.05 Å². The van der Waals surface area contributed by atoms with Crippen molar-refractivity contribution in [2.24, 2.45) is 0 Å². The number of hydrogen-bond donors (Lipinski definition) is 0. The molecule has 0 radical (unpaired) electrons. The van der Waals surface area contributed by atoms with Gasteiger partial charge in [-0.25, -0.2) is 0 Å². The molecule has 6 heteroatoms. The number of aromatic nitrogens is 1. The van der Waals surface area contributed by atoms with Crippen molar-refractivity contribution in [3.63, 3.8) is 0 Å². The van der Waals surface area contributed by atoms with Crippen LogP contribution >= 0.6 is 7.60 Å². The van der Waals surface area contributed by atoms with Crippen LogP contribution in [0.4, 0.5) is 0 Å². The molecule has 0 fully saturated rings. The summed E-state index contributed by atoms with van der Waals surface area (Å²) in [6.07, 6.45) is 3.29. The van der Waals surface area contributed by atoms with Gasteiger partial charge in [-0.15, -0.1) is 0 Å². The van der Waals surface area contributed by atoms with Crippen molar-refractivity contribution < 1.29 is 35.2 Å². The topological polar surface area (TPSA) is 39.4 Å². The van der Waals surface area contributed by atoms with Gasteiger partial charge >= 0.3 is 7.60 Å². The third-order valence-corrected chi connectivity index (χ3v) is 5.79. The Hall–Kier alpha value is -0.740. The van der Waals surface area contributed by atoms with Crippen LogP contribution in [-0.2, 0) is 20.2 Å². The summed E-state index contributed by atoms with van der Waals surface area (Å²) in [6.45, 7) is 7.42. The Bertz CT molecular complexity index is 668. The molecule has 0 saturated carbocycles. The molecule has 0 aliphatic heterocycles. The summed E-state index contributed by atoms with van der Waals surface area (Å²) in [5.74, 6) is 0. The summed E-state index contributed by atoms with van der Waals surface area (Å²) in [4.78, 5) is 0. The van der Waals surface area contributed by atoms with Crippen LogP contribution in [0.1, 0.15) is 25.8 Å². The molecular formula is C17H25BrNO3P. The fourth-order valence-corrected chi connectivity index (χ4v) is 4.27. The van der Waals surface area contributed by atoms with E-state index in [0.29, 0.717) is 19.4 Å². The van der Waals surface area contributed by atoms with Crippen LogP contribution in [0.5, 0.6) is 0 Å². The Morgan fingerprint density at radius 2 is 1.74 bits per heavy atom. The third-order valence-electron chi connectivity index (χ3n) is 3.63. The minimum absolute atomic E-state index is 0. The molecule has 0 unspecified atom stereocenters. The number of nitrogens with zero attached hydrogens (tertiary/aromatic N) is 1. The van der Waals surface area contributed by atoms with Gasteiger partial charge in [0, 0.05) is 23.9 Å². The number of pyridine rings is 1. The molecule has 1 aromatic carbocycles. The lowest BCUT2D eigenvalue weighted by atomic mass is 10.1. The lowest BCUT2D eigenvalue weighted by molar-refractivity contribution is -0.671. The van der Waals surface area contributed by atoms with Crippen molar-refractivity contribution in [3.8, 4) is 0 Å². The highest BCUT2D eigenvalue weighted by Crippen LogP contribution is 2.48. The quantitative estimate of drug-likeness (QED) is 0.491. The average Bonchev–Trinajstić information content (AvgIpc) is 2.50. The maximum Gasteiger partial charge on any atom is 0.330 e. The normalized spacial score (nSPS) is 11.4. The summed E-state index contributed by atoms with van der Waals surface area (Å²) < 4.78 is 25.3. The van der Waals surface area contributed by atoms with Crippen molar-refractivity contribution in [2.75, 3.05) is 19.4 Å². The molecule has 2 aromatic rings. The Balaban J connectivity index is 0.00000264. The number of para-hydroxylation sites is 1. The zero-order valence-electron chi connectivity index (χ0n) is 14.0. The minimum Gasteiger partial charge on any atom is -1.00 e. The Labute approximate surface area is 149 Å². The number of rotatable bonds is 8. The first-order chi connectivity index (χ1) is 10.6. The summed E-state index contributed by atoms with van der Waals surface area (Å²) in [6, 6.07) is 10.5. The summed E-state index contributed by atoms with van der Waals surface area (Å²) in [5.41, 5.74) is 2.46. The average molecular weight is 402 g/mol. The lowest BCUT2D eigenvalue weighted by Crippen LogP contribution is -3.00. The van der Waals surface area contributed by atoms with Crippen LogP contribution in [0.2, 0.25) is 0 Å². The van der Waals surface area contributed by atoms with Crippen LogP contribution in [0.25, 0.3) is 10.9 Å². The monoisotopic (exact) mass is 401 g/mol. The molecule has 128 valence electrons. The number of fused-ring (bicyclic) bond motifs is 1. The zero-order chi connectivity index (χ0) is 16.0. The van der Waals surface area contributed by atoms with Crippen molar-refractivity contribution in [2.45, 2.75) is 33.7 Å². The van der Waals surface area contributed by atoms with E-state index in [1.807, 2.05) is 19.9 Å². The van der Waals surface area contributed by atoms with E-state index in [2.05, 4.69) is 42.0 Å². The van der Waals surface area contributed by atoms with Gasteiger partial charge in [0.15, 0.2) is 6.20 Å². The predicted molar refractivity (Wildman–Crippen MR) is 89.2 cm³/mol. The summed E-state index contributed by atoms with van der Waals surface area (Å²) >= 11 is 0. The van der Waals surface area contributed by atoms with Gasteiger partial charge in [0.2, 0.25) is 5.52 Å². The second-order valence-electron chi connectivity index (χ2n) is 5.23. The molecular weight excluding hydrogens is 377 g/mol. The van der Waals surface area contributed by atoms with Gasteiger partial charge in [-0.05, 0) is 32.4 Å². The standard InChI is InChI=1S/C17H25NO3P.BrH/c1-4-20-22(19,21-5-2)14-8-12-18-13-11-15(3)16-9-6-7-10-17(16)18;/h6-7,9-11,13H,4-5,8,12,14H2,1-3H3;1H/q+1;/p-1. The van der Waals surface area contributed by atoms with Gasteiger partial charge < -0.3 is 26.0 Å². The SMILES string of the molecule is CCOP(=O)(CCC[n+]1ccc(C)c2ccccc21)OCC.[Br-]. The van der Waals surface area contributed by atoms with Crippen LogP contribution < -0.4 is 21.5 Å². The van der Waals surface area contributed by atoms with E-state index in [1.54, 1.807) is 0 Å². The highest BCUT2D eigenvalue weighted by molar-refractivity contribution is 7.53. The van der Waals surface area contributed by atoms with Crippen molar-refractivity contribution in [1.82, 2.24) is 0 Å². The van der Waals surface area contributed by atoms with E-state index in [1.165, 1.54) is 16.5 Å². The number of benzene rings is 1. The third kappa shape index (κ3) is 5.39. The molecule has 0 bridgehead atoms. The zero-order valence-corrected chi connectivity index (χ0v) is 16.5. The number of hydrogen-bond acceptors (Lipinski definition) is 3. The Morgan fingerprint density at radius 3 is 2.39 bits per heavy atom. The number of halogens is 1. The molecule has 1 heterocycles. The maximum absolute atomic E-state index is 12.5. The first-order valence-corrected chi connectivity index (χ1v) is 9.58. The summed E-state index contributed by atoms with van der Waals surface area (Å²) in [7, 11) is -2.94. The molecule has 1 aromatic heterocycles. The molecule has 0 N–H and O–H groups in total. The van der Waals surface area contributed by atoms with Crippen molar-refractivity contribution in [1.29, 1.82) is 0 Å². The second-order valence-corrected chi connectivity index (χ2v) is 7.42. The molecule has 23 heavy (non-hydrogen) atoms. The Kier molecular flexibility index (Phi) is 8.41. The van der Waals surface area contributed by atoms with Crippen LogP contribution in [0.3, 0.4) is 0 Å². The second kappa shape index (κ2) is 9.53. The van der Waals surface area contributed by atoms with Gasteiger partial charge in [-0.2, -0.15) is 4.57 Å². The largest absolute Gasteiger partial charge is 1.00 e. The summed E-state index contributed by atoms with van der Waals surface area (Å²) in [5, 5.41) is 1.25. The lowest BCUT2D eigenvalue weighted by Gasteiger charge is -2.16. The van der Waals surface area contributed by atoms with E-state index in [-0.39, 0.29) is 17.0 Å². The molecule has 4 nitrogen and oxygen atoms in total. The molecule has 0 aliphatic rings. The molecule has 0 amide bonds. The van der Waals surface area contributed by atoms with Crippen molar-refractivity contribution >= 4 is 18.5 Å². The fraction of sp³-hybridized carbons (Fsp3) is 0.471. The molecule has 0 aliphatic carbocycles. The van der Waals surface area contributed by atoms with Gasteiger partial charge in [0.25, 0.3) is 0 Å². The van der Waals surface area contributed by atoms with E-state index >= 15 is 0 Å². The molecule has 0 saturated heterocycles. The highest BCUT2D eigenvalue weighted by Gasteiger charge is 2.23. The fourth-order valence-electron chi connectivity index (χ4n) is 2.62. The first kappa shape index (κ1) is 20.3. The van der Waals surface area contributed by atoms with Crippen LogP contribution in [0, 0.1) is 6.92 Å². The van der Waals surface area contributed by atoms with Gasteiger partial charge in [0.05, 0.1) is 19.4 Å². The molecule has 2 rings (SSSR count). The molecule has 0 atom stereocenters.